The summed E-state index contributed by atoms with van der Waals surface area (Å²) in [5, 5.41) is 20.3. The second-order valence-electron chi connectivity index (χ2n) is 11.4. The number of fused-ring (bicyclic) bond motifs is 5. The van der Waals surface area contributed by atoms with Gasteiger partial charge in [-0.15, -0.1) is 0 Å². The van der Waals surface area contributed by atoms with Gasteiger partial charge in [0.05, 0.1) is 33.0 Å². The van der Waals surface area contributed by atoms with Crippen molar-refractivity contribution >= 4 is 10.9 Å². The Bertz CT molecular complexity index is 1430. The van der Waals surface area contributed by atoms with Crippen LogP contribution in [0.2, 0.25) is 0 Å². The van der Waals surface area contributed by atoms with E-state index in [9.17, 15) is 5.11 Å². The van der Waals surface area contributed by atoms with Gasteiger partial charge in [0.15, 0.2) is 23.0 Å². The Labute approximate surface area is 223 Å². The number of benzene rings is 2. The fourth-order valence-electron chi connectivity index (χ4n) is 8.29. The minimum absolute atomic E-state index is 0.0754. The molecule has 2 aliphatic heterocycles. The van der Waals surface area contributed by atoms with Gasteiger partial charge in [-0.3, -0.25) is 0 Å². The molecule has 1 saturated carbocycles. The Kier molecular flexibility index (Phi) is 5.42. The zero-order valence-corrected chi connectivity index (χ0v) is 22.6. The number of nitrogens with one attached hydrogen (secondary N) is 3. The molecule has 7 rings (SSSR count). The molecule has 202 valence electrons. The first-order valence-corrected chi connectivity index (χ1v) is 13.7. The molecule has 0 radical (unpaired) electrons. The first kappa shape index (κ1) is 24.1. The number of hydrogen-bond donors (Lipinski definition) is 4. The number of rotatable bonds is 4. The number of aromatic nitrogens is 1. The van der Waals surface area contributed by atoms with E-state index in [-0.39, 0.29) is 23.1 Å². The summed E-state index contributed by atoms with van der Waals surface area (Å²) >= 11 is 0. The van der Waals surface area contributed by atoms with Crippen LogP contribution in [0.15, 0.2) is 18.2 Å². The van der Waals surface area contributed by atoms with Gasteiger partial charge in [-0.2, -0.15) is 0 Å². The van der Waals surface area contributed by atoms with E-state index in [1.165, 1.54) is 27.8 Å². The van der Waals surface area contributed by atoms with Crippen LogP contribution in [-0.4, -0.2) is 57.7 Å². The smallest absolute Gasteiger partial charge is 0.162 e. The zero-order chi connectivity index (χ0) is 26.2. The highest BCUT2D eigenvalue weighted by molar-refractivity contribution is 5.88. The largest absolute Gasteiger partial charge is 0.504 e. The number of aromatic hydroxyl groups is 1. The van der Waals surface area contributed by atoms with Crippen molar-refractivity contribution in [3.05, 3.63) is 46.1 Å². The lowest BCUT2D eigenvalue weighted by molar-refractivity contribution is -0.0467. The Balaban J connectivity index is 1.34. The third kappa shape index (κ3) is 3.08. The van der Waals surface area contributed by atoms with Crippen LogP contribution in [0, 0.1) is 0 Å². The summed E-state index contributed by atoms with van der Waals surface area (Å²) in [6.45, 7) is 1.83. The molecule has 38 heavy (non-hydrogen) atoms. The molecular weight excluding hydrogens is 482 g/mol. The fourth-order valence-corrected chi connectivity index (χ4v) is 8.29. The van der Waals surface area contributed by atoms with Crippen molar-refractivity contribution in [2.75, 3.05) is 41.5 Å². The van der Waals surface area contributed by atoms with Crippen molar-refractivity contribution in [2.45, 2.75) is 61.6 Å². The number of phenolic OH excluding ortho intramolecular Hbond substituents is 1. The molecule has 4 N–H and O–H groups in total. The van der Waals surface area contributed by atoms with Gasteiger partial charge in [0.2, 0.25) is 0 Å². The minimum Gasteiger partial charge on any atom is -0.504 e. The summed E-state index contributed by atoms with van der Waals surface area (Å²) in [6.07, 6.45) is 5.46. The quantitative estimate of drug-likeness (QED) is 0.414. The summed E-state index contributed by atoms with van der Waals surface area (Å²) in [4.78, 5) is 3.77. The van der Waals surface area contributed by atoms with Gasteiger partial charge in [-0.05, 0) is 73.9 Å². The van der Waals surface area contributed by atoms with E-state index in [1.54, 1.807) is 21.3 Å². The molecular formula is C30H37N3O5. The second kappa shape index (κ2) is 8.53. The summed E-state index contributed by atoms with van der Waals surface area (Å²) in [5.74, 6) is 2.36. The van der Waals surface area contributed by atoms with Crippen molar-refractivity contribution in [2.24, 2.45) is 0 Å². The van der Waals surface area contributed by atoms with Crippen LogP contribution in [-0.2, 0) is 28.5 Å². The van der Waals surface area contributed by atoms with Gasteiger partial charge in [0, 0.05) is 53.3 Å². The number of phenols is 1. The first-order chi connectivity index (χ1) is 18.5. The zero-order valence-electron chi connectivity index (χ0n) is 22.6. The van der Waals surface area contributed by atoms with Gasteiger partial charge >= 0.3 is 0 Å². The Morgan fingerprint density at radius 1 is 0.895 bits per heavy atom. The molecule has 3 aromatic rings. The highest BCUT2D eigenvalue weighted by Gasteiger charge is 2.58. The molecule has 2 aliphatic carbocycles. The van der Waals surface area contributed by atoms with E-state index in [1.807, 2.05) is 19.2 Å². The molecule has 2 spiro atoms. The van der Waals surface area contributed by atoms with Crippen LogP contribution in [0.1, 0.15) is 59.7 Å². The third-order valence-corrected chi connectivity index (χ3v) is 9.95. The van der Waals surface area contributed by atoms with E-state index >= 15 is 0 Å². The molecule has 8 heteroatoms. The lowest BCUT2D eigenvalue weighted by atomic mass is 9.61. The lowest BCUT2D eigenvalue weighted by Gasteiger charge is -2.52. The van der Waals surface area contributed by atoms with Crippen LogP contribution in [0.3, 0.4) is 0 Å². The SMILES string of the molecule is COc1cc2[nH]c3c(c2cc1OC)CCN[C@@]31CC[C@@]2(C[C@@H]3NCCc4cc(OC)c(O)c2c43)C[C@H]1OC. The molecule has 0 bridgehead atoms. The second-order valence-corrected chi connectivity index (χ2v) is 11.4. The lowest BCUT2D eigenvalue weighted by Crippen LogP contribution is -2.60. The molecule has 1 fully saturated rings. The number of hydrogen-bond acceptors (Lipinski definition) is 7. The average molecular weight is 520 g/mol. The fraction of sp³-hybridized carbons (Fsp3) is 0.533. The van der Waals surface area contributed by atoms with Gasteiger partial charge in [0.1, 0.15) is 0 Å². The monoisotopic (exact) mass is 519 g/mol. The summed E-state index contributed by atoms with van der Waals surface area (Å²) in [7, 11) is 6.83. The summed E-state index contributed by atoms with van der Waals surface area (Å²) < 4.78 is 23.2. The first-order valence-electron chi connectivity index (χ1n) is 13.7. The molecule has 1 aromatic heterocycles. The van der Waals surface area contributed by atoms with Crippen molar-refractivity contribution in [1.82, 2.24) is 15.6 Å². The van der Waals surface area contributed by atoms with E-state index in [0.29, 0.717) is 11.5 Å². The van der Waals surface area contributed by atoms with Crippen LogP contribution < -0.4 is 24.8 Å². The van der Waals surface area contributed by atoms with Gasteiger partial charge in [-0.25, -0.2) is 0 Å². The van der Waals surface area contributed by atoms with Gasteiger partial charge < -0.3 is 39.7 Å². The Morgan fingerprint density at radius 2 is 1.68 bits per heavy atom. The van der Waals surface area contributed by atoms with Crippen LogP contribution in [0.4, 0.5) is 0 Å². The Hall–Kier alpha value is -2.94. The van der Waals surface area contributed by atoms with Crippen molar-refractivity contribution in [3.8, 4) is 23.0 Å². The molecule has 8 nitrogen and oxygen atoms in total. The topological polar surface area (TPSA) is 97.0 Å². The number of ether oxygens (including phenoxy) is 4. The van der Waals surface area contributed by atoms with Crippen molar-refractivity contribution in [3.63, 3.8) is 0 Å². The molecule has 0 amide bonds. The number of methoxy groups -OCH3 is 4. The van der Waals surface area contributed by atoms with Crippen LogP contribution in [0.5, 0.6) is 23.0 Å². The molecule has 0 saturated heterocycles. The van der Waals surface area contributed by atoms with E-state index in [2.05, 4.69) is 21.7 Å². The van der Waals surface area contributed by atoms with E-state index < -0.39 is 0 Å². The standard InChI is InChI=1S/C30H37N3O5/c1-35-21-12-18-17-6-10-32-30(28(17)33-19(18)13-22(21)36-2)8-7-29(15-24(30)38-4)14-20-25-16(5-9-31-20)11-23(37-3)27(34)26(25)29/h11-13,20,24,31-34H,5-10,14-15H2,1-4H3/t20-,24+,29+,30+/m0/s1. The molecule has 0 unspecified atom stereocenters. The van der Waals surface area contributed by atoms with Crippen molar-refractivity contribution < 1.29 is 24.1 Å². The summed E-state index contributed by atoms with van der Waals surface area (Å²) in [5.41, 5.74) is 6.77. The molecule has 4 aliphatic rings. The number of H-pyrrole nitrogens is 1. The van der Waals surface area contributed by atoms with Gasteiger partial charge in [-0.1, -0.05) is 0 Å². The van der Waals surface area contributed by atoms with E-state index in [4.69, 9.17) is 18.9 Å². The maximum absolute atomic E-state index is 11.5. The maximum atomic E-state index is 11.5. The van der Waals surface area contributed by atoms with Gasteiger partial charge in [0.25, 0.3) is 0 Å². The average Bonchev–Trinajstić information content (AvgIpc) is 3.48. The van der Waals surface area contributed by atoms with Crippen LogP contribution >= 0.6 is 0 Å². The third-order valence-electron chi connectivity index (χ3n) is 9.95. The van der Waals surface area contributed by atoms with E-state index in [0.717, 1.165) is 74.2 Å². The molecule has 2 aromatic carbocycles. The van der Waals surface area contributed by atoms with Crippen molar-refractivity contribution in [1.29, 1.82) is 0 Å². The predicted octanol–water partition coefficient (Wildman–Crippen LogP) is 3.97. The highest BCUT2D eigenvalue weighted by Crippen LogP contribution is 2.62. The van der Waals surface area contributed by atoms with Crippen LogP contribution in [0.25, 0.3) is 10.9 Å². The molecule has 4 atom stereocenters. The normalized spacial score (nSPS) is 29.5. The Morgan fingerprint density at radius 3 is 2.45 bits per heavy atom. The molecule has 3 heterocycles. The predicted molar refractivity (Wildman–Crippen MR) is 145 cm³/mol. The number of aromatic amines is 1. The summed E-state index contributed by atoms with van der Waals surface area (Å²) in [6, 6.07) is 6.44. The minimum atomic E-state index is -0.337. The maximum Gasteiger partial charge on any atom is 0.162 e. The highest BCUT2D eigenvalue weighted by atomic mass is 16.5.